The van der Waals surface area contributed by atoms with Gasteiger partial charge in [-0.15, -0.1) is 6.58 Å². The summed E-state index contributed by atoms with van der Waals surface area (Å²) in [4.78, 5) is 0. The first-order valence-electron chi connectivity index (χ1n) is 5.83. The molecule has 0 unspecified atom stereocenters. The first-order valence-corrected chi connectivity index (χ1v) is 5.83. The van der Waals surface area contributed by atoms with Gasteiger partial charge in [-0.3, -0.25) is 0 Å². The zero-order valence-corrected chi connectivity index (χ0v) is 10.00. The molecule has 1 N–H and O–H groups in total. The molecule has 1 aromatic heterocycles. The lowest BCUT2D eigenvalue weighted by Gasteiger charge is -2.00. The Labute approximate surface area is 97.5 Å². The van der Waals surface area contributed by atoms with E-state index in [0.717, 1.165) is 44.1 Å². The molecule has 0 saturated carbocycles. The monoisotopic (exact) mass is 223 g/mol. The number of nitrogens with one attached hydrogen (secondary N) is 1. The Bertz CT molecular complexity index is 294. The fourth-order valence-electron chi connectivity index (χ4n) is 1.35. The summed E-state index contributed by atoms with van der Waals surface area (Å²) in [5.41, 5.74) is 0. The first kappa shape index (κ1) is 13.0. The van der Waals surface area contributed by atoms with E-state index in [2.05, 4.69) is 18.8 Å². The van der Waals surface area contributed by atoms with Gasteiger partial charge < -0.3 is 14.5 Å². The van der Waals surface area contributed by atoms with Crippen molar-refractivity contribution in [1.29, 1.82) is 0 Å². The topological polar surface area (TPSA) is 34.4 Å². The number of unbranched alkanes of at least 4 members (excludes halogenated alkanes) is 1. The summed E-state index contributed by atoms with van der Waals surface area (Å²) in [5, 5.41) is 3.22. The molecule has 0 atom stereocenters. The number of hydrogen-bond donors (Lipinski definition) is 1. The molecule has 0 saturated heterocycles. The van der Waals surface area contributed by atoms with Gasteiger partial charge in [0.1, 0.15) is 18.1 Å². The quantitative estimate of drug-likeness (QED) is 0.516. The van der Waals surface area contributed by atoms with Gasteiger partial charge in [0.2, 0.25) is 0 Å². The molecule has 0 amide bonds. The molecule has 1 rings (SSSR count). The molecule has 0 radical (unpaired) electrons. The highest BCUT2D eigenvalue weighted by atomic mass is 16.5. The van der Waals surface area contributed by atoms with Crippen molar-refractivity contribution in [2.24, 2.45) is 0 Å². The van der Waals surface area contributed by atoms with Gasteiger partial charge >= 0.3 is 0 Å². The smallest absolute Gasteiger partial charge is 0.129 e. The van der Waals surface area contributed by atoms with E-state index in [1.165, 1.54) is 0 Å². The standard InChI is InChI=1S/C13H21NO2/c1-3-5-6-9-15-11-13-8-7-12(16-13)10-14-4-2/h3,7-8,14H,1,4-6,9-11H2,2H3. The highest BCUT2D eigenvalue weighted by Gasteiger charge is 2.01. The number of furan rings is 1. The summed E-state index contributed by atoms with van der Waals surface area (Å²) in [6.07, 6.45) is 3.93. The molecule has 16 heavy (non-hydrogen) atoms. The van der Waals surface area contributed by atoms with Crippen LogP contribution >= 0.6 is 0 Å². The van der Waals surface area contributed by atoms with E-state index >= 15 is 0 Å². The normalized spacial score (nSPS) is 10.6. The van der Waals surface area contributed by atoms with E-state index in [9.17, 15) is 0 Å². The first-order chi connectivity index (χ1) is 7.86. The number of allylic oxidation sites excluding steroid dienone is 1. The summed E-state index contributed by atoms with van der Waals surface area (Å²) < 4.78 is 11.1. The average Bonchev–Trinajstić information content (AvgIpc) is 2.74. The zero-order valence-electron chi connectivity index (χ0n) is 10.00. The maximum atomic E-state index is 5.58. The van der Waals surface area contributed by atoms with Crippen molar-refractivity contribution in [1.82, 2.24) is 5.32 Å². The molecule has 3 heteroatoms. The summed E-state index contributed by atoms with van der Waals surface area (Å²) in [5.74, 6) is 1.86. The van der Waals surface area contributed by atoms with Crippen molar-refractivity contribution in [2.45, 2.75) is 32.9 Å². The minimum absolute atomic E-state index is 0.559. The number of ether oxygens (including phenoxy) is 1. The van der Waals surface area contributed by atoms with Crippen molar-refractivity contribution >= 4 is 0 Å². The van der Waals surface area contributed by atoms with E-state index < -0.39 is 0 Å². The van der Waals surface area contributed by atoms with Crippen LogP contribution in [0.4, 0.5) is 0 Å². The van der Waals surface area contributed by atoms with Gasteiger partial charge in [0, 0.05) is 6.61 Å². The molecule has 0 spiro atoms. The van der Waals surface area contributed by atoms with Gasteiger partial charge in [0.05, 0.1) is 6.54 Å². The molecular weight excluding hydrogens is 202 g/mol. The Hall–Kier alpha value is -1.06. The molecule has 0 aliphatic rings. The van der Waals surface area contributed by atoms with Crippen LogP contribution in [0.5, 0.6) is 0 Å². The molecule has 1 heterocycles. The lowest BCUT2D eigenvalue weighted by atomic mass is 10.3. The molecular formula is C13H21NO2. The van der Waals surface area contributed by atoms with Crippen LogP contribution in [-0.2, 0) is 17.9 Å². The van der Waals surface area contributed by atoms with Crippen molar-refractivity contribution in [3.05, 3.63) is 36.3 Å². The predicted molar refractivity (Wildman–Crippen MR) is 65.2 cm³/mol. The fourth-order valence-corrected chi connectivity index (χ4v) is 1.35. The maximum absolute atomic E-state index is 5.58. The molecule has 0 aromatic carbocycles. The third-order valence-corrected chi connectivity index (χ3v) is 2.21. The Morgan fingerprint density at radius 1 is 1.44 bits per heavy atom. The van der Waals surface area contributed by atoms with E-state index in [1.807, 2.05) is 18.2 Å². The SMILES string of the molecule is C=CCCCOCc1ccc(CNCC)o1. The molecule has 0 aliphatic heterocycles. The number of rotatable bonds is 9. The second-order valence-electron chi connectivity index (χ2n) is 3.63. The van der Waals surface area contributed by atoms with E-state index in [1.54, 1.807) is 0 Å². The second kappa shape index (κ2) is 8.13. The fraction of sp³-hybridized carbons (Fsp3) is 0.538. The lowest BCUT2D eigenvalue weighted by Crippen LogP contribution is -2.10. The van der Waals surface area contributed by atoms with E-state index in [-0.39, 0.29) is 0 Å². The predicted octanol–water partition coefficient (Wildman–Crippen LogP) is 2.87. The van der Waals surface area contributed by atoms with Crippen molar-refractivity contribution in [3.8, 4) is 0 Å². The lowest BCUT2D eigenvalue weighted by molar-refractivity contribution is 0.103. The Morgan fingerprint density at radius 2 is 2.25 bits per heavy atom. The summed E-state index contributed by atoms with van der Waals surface area (Å²) in [6, 6.07) is 3.96. The van der Waals surface area contributed by atoms with Gasteiger partial charge in [-0.25, -0.2) is 0 Å². The van der Waals surface area contributed by atoms with Crippen LogP contribution in [0, 0.1) is 0 Å². The van der Waals surface area contributed by atoms with Crippen LogP contribution in [0.25, 0.3) is 0 Å². The summed E-state index contributed by atoms with van der Waals surface area (Å²) in [6.45, 7) is 8.80. The van der Waals surface area contributed by atoms with Crippen molar-refractivity contribution < 1.29 is 9.15 Å². The Balaban J connectivity index is 2.16. The van der Waals surface area contributed by atoms with Gasteiger partial charge in [-0.05, 0) is 31.5 Å². The van der Waals surface area contributed by atoms with Gasteiger partial charge in [-0.1, -0.05) is 13.0 Å². The molecule has 90 valence electrons. The largest absolute Gasteiger partial charge is 0.462 e. The van der Waals surface area contributed by atoms with Crippen LogP contribution in [-0.4, -0.2) is 13.2 Å². The number of hydrogen-bond acceptors (Lipinski definition) is 3. The van der Waals surface area contributed by atoms with Crippen LogP contribution in [0.1, 0.15) is 31.3 Å². The molecule has 0 bridgehead atoms. The van der Waals surface area contributed by atoms with Crippen LogP contribution in [0.2, 0.25) is 0 Å². The van der Waals surface area contributed by atoms with Gasteiger partial charge in [0.15, 0.2) is 0 Å². The third-order valence-electron chi connectivity index (χ3n) is 2.21. The Kier molecular flexibility index (Phi) is 6.61. The highest BCUT2D eigenvalue weighted by Crippen LogP contribution is 2.09. The van der Waals surface area contributed by atoms with Gasteiger partial charge in [-0.2, -0.15) is 0 Å². The Morgan fingerprint density at radius 3 is 3.00 bits per heavy atom. The third kappa shape index (κ3) is 5.14. The zero-order chi connectivity index (χ0) is 11.6. The summed E-state index contributed by atoms with van der Waals surface area (Å²) >= 11 is 0. The molecule has 1 aromatic rings. The van der Waals surface area contributed by atoms with E-state index in [4.69, 9.17) is 9.15 Å². The minimum Gasteiger partial charge on any atom is -0.462 e. The second-order valence-corrected chi connectivity index (χ2v) is 3.63. The summed E-state index contributed by atoms with van der Waals surface area (Å²) in [7, 11) is 0. The molecule has 0 aliphatic carbocycles. The van der Waals surface area contributed by atoms with Crippen LogP contribution in [0.3, 0.4) is 0 Å². The highest BCUT2D eigenvalue weighted by molar-refractivity contribution is 5.06. The van der Waals surface area contributed by atoms with Crippen LogP contribution in [0.15, 0.2) is 29.2 Å². The van der Waals surface area contributed by atoms with E-state index in [0.29, 0.717) is 6.61 Å². The molecule has 3 nitrogen and oxygen atoms in total. The van der Waals surface area contributed by atoms with Crippen molar-refractivity contribution in [3.63, 3.8) is 0 Å². The van der Waals surface area contributed by atoms with Gasteiger partial charge in [0.25, 0.3) is 0 Å². The minimum atomic E-state index is 0.559. The average molecular weight is 223 g/mol. The maximum Gasteiger partial charge on any atom is 0.129 e. The van der Waals surface area contributed by atoms with Crippen LogP contribution < -0.4 is 5.32 Å². The van der Waals surface area contributed by atoms with Crippen molar-refractivity contribution in [2.75, 3.05) is 13.2 Å². The molecule has 0 fully saturated rings.